The first-order valence-electron chi connectivity index (χ1n) is 6.46. The SMILES string of the molecule is Cc1ccc(S(=O)(=O)N(C)C)cc1NC(=O)OC(C)(C)C. The molecule has 0 fully saturated rings. The average Bonchev–Trinajstić information content (AvgIpc) is 2.29. The van der Waals surface area contributed by atoms with Crippen molar-refractivity contribution in [2.45, 2.75) is 38.2 Å². The van der Waals surface area contributed by atoms with Crippen LogP contribution >= 0.6 is 0 Å². The van der Waals surface area contributed by atoms with Gasteiger partial charge in [0.25, 0.3) is 0 Å². The molecule has 1 N–H and O–H groups in total. The molecule has 0 spiro atoms. The number of nitrogens with zero attached hydrogens (tertiary/aromatic N) is 1. The fourth-order valence-electron chi connectivity index (χ4n) is 1.52. The maximum absolute atomic E-state index is 12.1. The lowest BCUT2D eigenvalue weighted by Gasteiger charge is -2.20. The minimum Gasteiger partial charge on any atom is -0.444 e. The quantitative estimate of drug-likeness (QED) is 0.930. The third kappa shape index (κ3) is 4.71. The van der Waals surface area contributed by atoms with Crippen LogP contribution in [0.5, 0.6) is 0 Å². The van der Waals surface area contributed by atoms with Gasteiger partial charge in [-0.2, -0.15) is 0 Å². The van der Waals surface area contributed by atoms with E-state index in [0.717, 1.165) is 9.87 Å². The normalized spacial score (nSPS) is 12.3. The van der Waals surface area contributed by atoms with Crippen LogP contribution in [0.3, 0.4) is 0 Å². The van der Waals surface area contributed by atoms with Crippen molar-refractivity contribution in [1.29, 1.82) is 0 Å². The molecule has 0 aliphatic carbocycles. The molecule has 118 valence electrons. The largest absolute Gasteiger partial charge is 0.444 e. The lowest BCUT2D eigenvalue weighted by atomic mass is 10.2. The summed E-state index contributed by atoms with van der Waals surface area (Å²) in [4.78, 5) is 11.9. The Hall–Kier alpha value is -1.60. The van der Waals surface area contributed by atoms with Gasteiger partial charge in [0.15, 0.2) is 0 Å². The summed E-state index contributed by atoms with van der Waals surface area (Å²) in [6.07, 6.45) is -0.620. The number of benzene rings is 1. The molecule has 0 radical (unpaired) electrons. The summed E-state index contributed by atoms with van der Waals surface area (Å²) in [5, 5.41) is 2.57. The van der Waals surface area contributed by atoms with Crippen LogP contribution in [0.25, 0.3) is 0 Å². The Balaban J connectivity index is 3.07. The van der Waals surface area contributed by atoms with Gasteiger partial charge >= 0.3 is 6.09 Å². The van der Waals surface area contributed by atoms with Gasteiger partial charge in [-0.3, -0.25) is 5.32 Å². The fourth-order valence-corrected chi connectivity index (χ4v) is 2.45. The number of ether oxygens (including phenoxy) is 1. The number of carbonyl (C=O) groups excluding carboxylic acids is 1. The standard InChI is InChI=1S/C14H22N2O4S/c1-10-7-8-11(21(18,19)16(5)6)9-12(10)15-13(17)20-14(2,3)4/h7-9H,1-6H3,(H,15,17). The summed E-state index contributed by atoms with van der Waals surface area (Å²) in [7, 11) is -0.637. The zero-order valence-electron chi connectivity index (χ0n) is 13.2. The molecular formula is C14H22N2O4S. The fraction of sp³-hybridized carbons (Fsp3) is 0.500. The number of aryl methyl sites for hydroxylation is 1. The zero-order valence-corrected chi connectivity index (χ0v) is 14.0. The summed E-state index contributed by atoms with van der Waals surface area (Å²) in [5.41, 5.74) is 0.538. The zero-order chi connectivity index (χ0) is 16.4. The summed E-state index contributed by atoms with van der Waals surface area (Å²) in [5.74, 6) is 0. The van der Waals surface area contributed by atoms with Crippen molar-refractivity contribution in [3.8, 4) is 0 Å². The molecule has 1 aromatic rings. The van der Waals surface area contributed by atoms with Crippen LogP contribution < -0.4 is 5.32 Å². The Morgan fingerprint density at radius 1 is 1.24 bits per heavy atom. The minimum atomic E-state index is -3.55. The highest BCUT2D eigenvalue weighted by Gasteiger charge is 2.20. The molecule has 0 aromatic heterocycles. The van der Waals surface area contributed by atoms with E-state index in [4.69, 9.17) is 4.74 Å². The van der Waals surface area contributed by atoms with E-state index in [-0.39, 0.29) is 4.90 Å². The highest BCUT2D eigenvalue weighted by Crippen LogP contribution is 2.22. The number of hydrogen-bond donors (Lipinski definition) is 1. The number of hydrogen-bond acceptors (Lipinski definition) is 4. The van der Waals surface area contributed by atoms with Crippen LogP contribution in [0, 0.1) is 6.92 Å². The van der Waals surface area contributed by atoms with Crippen molar-refractivity contribution in [2.24, 2.45) is 0 Å². The van der Waals surface area contributed by atoms with Gasteiger partial charge in [-0.15, -0.1) is 0 Å². The van der Waals surface area contributed by atoms with Gasteiger partial charge in [-0.25, -0.2) is 17.5 Å². The predicted molar refractivity (Wildman–Crippen MR) is 81.9 cm³/mol. The third-order valence-corrected chi connectivity index (χ3v) is 4.43. The Labute approximate surface area is 126 Å². The highest BCUT2D eigenvalue weighted by atomic mass is 32.2. The minimum absolute atomic E-state index is 0.115. The Morgan fingerprint density at radius 2 is 1.81 bits per heavy atom. The van der Waals surface area contributed by atoms with E-state index in [2.05, 4.69) is 5.32 Å². The molecule has 0 atom stereocenters. The molecule has 0 unspecified atom stereocenters. The second-order valence-corrected chi connectivity index (χ2v) is 8.04. The van der Waals surface area contributed by atoms with Crippen LogP contribution in [0.4, 0.5) is 10.5 Å². The van der Waals surface area contributed by atoms with E-state index in [1.54, 1.807) is 33.8 Å². The third-order valence-electron chi connectivity index (χ3n) is 2.62. The second kappa shape index (κ2) is 6.03. The van der Waals surface area contributed by atoms with Gasteiger partial charge in [-0.05, 0) is 45.4 Å². The molecule has 0 heterocycles. The monoisotopic (exact) mass is 314 g/mol. The molecule has 21 heavy (non-hydrogen) atoms. The first kappa shape index (κ1) is 17.5. The predicted octanol–water partition coefficient (Wildman–Crippen LogP) is 2.59. The number of rotatable bonds is 3. The Morgan fingerprint density at radius 3 is 2.29 bits per heavy atom. The van der Waals surface area contributed by atoms with Crippen LogP contribution in [-0.2, 0) is 14.8 Å². The van der Waals surface area contributed by atoms with Crippen molar-refractivity contribution < 1.29 is 17.9 Å². The van der Waals surface area contributed by atoms with Gasteiger partial charge in [-0.1, -0.05) is 6.07 Å². The van der Waals surface area contributed by atoms with Crippen LogP contribution in [0.2, 0.25) is 0 Å². The first-order chi connectivity index (χ1) is 9.43. The van der Waals surface area contributed by atoms with Crippen molar-refractivity contribution in [3.63, 3.8) is 0 Å². The maximum Gasteiger partial charge on any atom is 0.412 e. The molecule has 0 aliphatic rings. The summed E-state index contributed by atoms with van der Waals surface area (Å²) < 4.78 is 30.5. The number of amides is 1. The van der Waals surface area contributed by atoms with Crippen molar-refractivity contribution in [1.82, 2.24) is 4.31 Å². The lowest BCUT2D eigenvalue weighted by Crippen LogP contribution is -2.27. The van der Waals surface area contributed by atoms with Crippen LogP contribution in [0.15, 0.2) is 23.1 Å². The molecule has 0 saturated heterocycles. The maximum atomic E-state index is 12.1. The molecule has 1 rings (SSSR count). The molecule has 6 nitrogen and oxygen atoms in total. The lowest BCUT2D eigenvalue weighted by molar-refractivity contribution is 0.0635. The number of anilines is 1. The van der Waals surface area contributed by atoms with E-state index in [1.807, 2.05) is 0 Å². The van der Waals surface area contributed by atoms with Gasteiger partial charge in [0.1, 0.15) is 5.60 Å². The average molecular weight is 314 g/mol. The topological polar surface area (TPSA) is 75.7 Å². The smallest absolute Gasteiger partial charge is 0.412 e. The Bertz CT molecular complexity index is 631. The molecule has 0 saturated carbocycles. The summed E-state index contributed by atoms with van der Waals surface area (Å²) >= 11 is 0. The van der Waals surface area contributed by atoms with E-state index in [0.29, 0.717) is 5.69 Å². The number of sulfonamides is 1. The molecule has 0 bridgehead atoms. The Kier molecular flexibility index (Phi) is 5.01. The number of carbonyl (C=O) groups is 1. The number of nitrogens with one attached hydrogen (secondary N) is 1. The molecule has 0 aliphatic heterocycles. The summed E-state index contributed by atoms with van der Waals surface area (Å²) in [6, 6.07) is 4.57. The van der Waals surface area contributed by atoms with Crippen LogP contribution in [0.1, 0.15) is 26.3 Å². The second-order valence-electron chi connectivity index (χ2n) is 5.89. The first-order valence-corrected chi connectivity index (χ1v) is 7.90. The molecule has 7 heteroatoms. The molecule has 1 amide bonds. The van der Waals surface area contributed by atoms with E-state index < -0.39 is 21.7 Å². The van der Waals surface area contributed by atoms with Gasteiger partial charge in [0.2, 0.25) is 10.0 Å². The van der Waals surface area contributed by atoms with E-state index in [9.17, 15) is 13.2 Å². The van der Waals surface area contributed by atoms with Crippen molar-refractivity contribution in [2.75, 3.05) is 19.4 Å². The summed E-state index contributed by atoms with van der Waals surface area (Å²) in [6.45, 7) is 7.05. The van der Waals surface area contributed by atoms with Gasteiger partial charge in [0.05, 0.1) is 4.90 Å². The van der Waals surface area contributed by atoms with Gasteiger partial charge in [0, 0.05) is 19.8 Å². The molecule has 1 aromatic carbocycles. The van der Waals surface area contributed by atoms with Crippen molar-refractivity contribution in [3.05, 3.63) is 23.8 Å². The molecular weight excluding hydrogens is 292 g/mol. The van der Waals surface area contributed by atoms with E-state index in [1.165, 1.54) is 26.2 Å². The van der Waals surface area contributed by atoms with Crippen molar-refractivity contribution >= 4 is 21.8 Å². The van der Waals surface area contributed by atoms with Gasteiger partial charge < -0.3 is 4.74 Å². The highest BCUT2D eigenvalue weighted by molar-refractivity contribution is 7.89. The van der Waals surface area contributed by atoms with Crippen LogP contribution in [-0.4, -0.2) is 38.5 Å². The van der Waals surface area contributed by atoms with E-state index >= 15 is 0 Å².